The highest BCUT2D eigenvalue weighted by molar-refractivity contribution is 5.77. The molecule has 26 heavy (non-hydrogen) atoms. The van der Waals surface area contributed by atoms with Crippen LogP contribution in [0, 0.1) is 0 Å². The van der Waals surface area contributed by atoms with Crippen molar-refractivity contribution >= 4 is 11.9 Å². The monoisotopic (exact) mass is 372 g/mol. The molecule has 2 atom stereocenters. The number of carbonyl (C=O) groups excluding carboxylic acids is 2. The fourth-order valence-electron chi connectivity index (χ4n) is 2.38. The van der Waals surface area contributed by atoms with Crippen molar-refractivity contribution in [2.75, 3.05) is 40.8 Å². The number of unbranched alkanes of at least 4 members (excludes halogenated alkanes) is 2. The van der Waals surface area contributed by atoms with E-state index in [4.69, 9.17) is 10.5 Å². The fourth-order valence-corrected chi connectivity index (χ4v) is 2.38. The topological polar surface area (TPSA) is 102 Å². The van der Waals surface area contributed by atoms with Crippen LogP contribution < -0.4 is 11.1 Å². The maximum atomic E-state index is 12.1. The van der Waals surface area contributed by atoms with Crippen LogP contribution in [0.15, 0.2) is 12.2 Å². The Balaban J connectivity index is 4.51. The van der Waals surface area contributed by atoms with Crippen LogP contribution >= 0.6 is 0 Å². The van der Waals surface area contributed by atoms with Crippen LogP contribution in [0.4, 0.5) is 0 Å². The van der Waals surface area contributed by atoms with Crippen LogP contribution in [0.5, 0.6) is 0 Å². The van der Waals surface area contributed by atoms with Gasteiger partial charge in [-0.3, -0.25) is 4.79 Å². The van der Waals surface area contributed by atoms with Gasteiger partial charge in [0, 0.05) is 19.5 Å². The summed E-state index contributed by atoms with van der Waals surface area (Å²) in [5, 5.41) is 13.1. The molecule has 0 bridgehead atoms. The Hall–Kier alpha value is -1.44. The van der Waals surface area contributed by atoms with Gasteiger partial charge < -0.3 is 25.4 Å². The molecule has 0 aliphatic heterocycles. The van der Waals surface area contributed by atoms with Gasteiger partial charge in [-0.2, -0.15) is 0 Å². The molecule has 0 aliphatic rings. The number of aliphatic hydroxyl groups excluding tert-OH is 1. The highest BCUT2D eigenvalue weighted by Crippen LogP contribution is 2.14. The summed E-state index contributed by atoms with van der Waals surface area (Å²) in [6.45, 7) is 3.23. The van der Waals surface area contributed by atoms with Gasteiger partial charge in [0.05, 0.1) is 27.2 Å². The number of carbonyl (C=O) groups is 2. The number of hydrogen-bond donors (Lipinski definition) is 3. The Kier molecular flexibility index (Phi) is 13.0. The normalized spacial score (nSPS) is 14.2. The van der Waals surface area contributed by atoms with E-state index in [-0.39, 0.29) is 24.8 Å². The van der Waals surface area contributed by atoms with Crippen LogP contribution in [-0.2, 0) is 14.3 Å². The average Bonchev–Trinajstić information content (AvgIpc) is 2.54. The van der Waals surface area contributed by atoms with Gasteiger partial charge in [-0.15, -0.1) is 0 Å². The zero-order valence-electron chi connectivity index (χ0n) is 16.9. The van der Waals surface area contributed by atoms with Crippen molar-refractivity contribution in [3.8, 4) is 0 Å². The van der Waals surface area contributed by atoms with Crippen molar-refractivity contribution in [1.29, 1.82) is 0 Å². The van der Waals surface area contributed by atoms with Crippen molar-refractivity contribution in [3.63, 3.8) is 0 Å². The van der Waals surface area contributed by atoms with Crippen molar-refractivity contribution < 1.29 is 23.9 Å². The molecule has 4 N–H and O–H groups in total. The summed E-state index contributed by atoms with van der Waals surface area (Å²) < 4.78 is 6.02. The van der Waals surface area contributed by atoms with E-state index >= 15 is 0 Å². The van der Waals surface area contributed by atoms with Gasteiger partial charge in [0.15, 0.2) is 6.54 Å². The van der Waals surface area contributed by atoms with Crippen LogP contribution in [0.2, 0.25) is 0 Å². The van der Waals surface area contributed by atoms with Crippen LogP contribution in [-0.4, -0.2) is 74.5 Å². The second-order valence-corrected chi connectivity index (χ2v) is 7.59. The molecular formula is C19H38N3O4+. The first-order chi connectivity index (χ1) is 12.2. The summed E-state index contributed by atoms with van der Waals surface area (Å²) in [6, 6.07) is 0. The molecule has 1 amide bonds. The van der Waals surface area contributed by atoms with Gasteiger partial charge in [0.2, 0.25) is 5.91 Å². The first-order valence-corrected chi connectivity index (χ1v) is 9.49. The SMILES string of the molecule is CCCCCC(OC(=O)C[N+](C)(C)C)C(O)CC=CCC(=O)NCCN. The standard InChI is InChI=1S/C19H37N3O4/c1-5-6-7-11-17(26-19(25)15-22(2,3)4)16(23)10-8-9-12-18(24)21-14-13-20/h8-9,16-17,23H,5-7,10-15,20H2,1-4H3/p+1. The largest absolute Gasteiger partial charge is 0.455 e. The van der Waals surface area contributed by atoms with E-state index in [1.165, 1.54) is 0 Å². The summed E-state index contributed by atoms with van der Waals surface area (Å²) in [7, 11) is 5.76. The van der Waals surface area contributed by atoms with Gasteiger partial charge >= 0.3 is 5.97 Å². The van der Waals surface area contributed by atoms with Gasteiger partial charge in [-0.25, -0.2) is 4.79 Å². The minimum Gasteiger partial charge on any atom is -0.455 e. The number of esters is 1. The molecule has 0 heterocycles. The lowest BCUT2D eigenvalue weighted by molar-refractivity contribution is -0.862. The maximum absolute atomic E-state index is 12.1. The second kappa shape index (κ2) is 13.7. The summed E-state index contributed by atoms with van der Waals surface area (Å²) in [6.07, 6.45) is 6.42. The lowest BCUT2D eigenvalue weighted by atomic mass is 10.0. The molecule has 7 heteroatoms. The summed E-state index contributed by atoms with van der Waals surface area (Å²) >= 11 is 0. The molecule has 152 valence electrons. The van der Waals surface area contributed by atoms with Crippen molar-refractivity contribution in [2.45, 2.75) is 57.7 Å². The Morgan fingerprint density at radius 2 is 1.92 bits per heavy atom. The Morgan fingerprint density at radius 1 is 1.23 bits per heavy atom. The summed E-state index contributed by atoms with van der Waals surface area (Å²) in [5.41, 5.74) is 5.32. The highest BCUT2D eigenvalue weighted by atomic mass is 16.6. The first-order valence-electron chi connectivity index (χ1n) is 9.49. The third-order valence-electron chi connectivity index (χ3n) is 3.72. The molecule has 0 aromatic carbocycles. The molecule has 7 nitrogen and oxygen atoms in total. The molecule has 0 saturated carbocycles. The highest BCUT2D eigenvalue weighted by Gasteiger charge is 2.25. The number of nitrogens with zero attached hydrogens (tertiary/aromatic N) is 1. The van der Waals surface area contributed by atoms with Crippen LogP contribution in [0.1, 0.15) is 45.4 Å². The van der Waals surface area contributed by atoms with Crippen molar-refractivity contribution in [3.05, 3.63) is 12.2 Å². The second-order valence-electron chi connectivity index (χ2n) is 7.59. The number of hydrogen-bond acceptors (Lipinski definition) is 5. The summed E-state index contributed by atoms with van der Waals surface area (Å²) in [5.74, 6) is -0.404. The van der Waals surface area contributed by atoms with E-state index in [0.29, 0.717) is 30.4 Å². The molecule has 0 saturated heterocycles. The Bertz CT molecular complexity index is 433. The Labute approximate surface area is 158 Å². The minimum atomic E-state index is -0.772. The van der Waals surface area contributed by atoms with E-state index in [1.54, 1.807) is 12.2 Å². The van der Waals surface area contributed by atoms with Crippen LogP contribution in [0.25, 0.3) is 0 Å². The molecular weight excluding hydrogens is 334 g/mol. The molecule has 0 aromatic heterocycles. The van der Waals surface area contributed by atoms with Gasteiger partial charge in [-0.05, 0) is 19.3 Å². The number of rotatable bonds is 14. The van der Waals surface area contributed by atoms with E-state index in [9.17, 15) is 14.7 Å². The minimum absolute atomic E-state index is 0.102. The van der Waals surface area contributed by atoms with Gasteiger partial charge in [0.25, 0.3) is 0 Å². The zero-order valence-corrected chi connectivity index (χ0v) is 16.9. The predicted molar refractivity (Wildman–Crippen MR) is 103 cm³/mol. The van der Waals surface area contributed by atoms with E-state index in [0.717, 1.165) is 19.3 Å². The van der Waals surface area contributed by atoms with Crippen molar-refractivity contribution in [1.82, 2.24) is 5.32 Å². The predicted octanol–water partition coefficient (Wildman–Crippen LogP) is 0.957. The van der Waals surface area contributed by atoms with Gasteiger partial charge in [0.1, 0.15) is 6.10 Å². The van der Waals surface area contributed by atoms with Crippen LogP contribution in [0.3, 0.4) is 0 Å². The molecule has 0 spiro atoms. The smallest absolute Gasteiger partial charge is 0.362 e. The quantitative estimate of drug-likeness (QED) is 0.182. The fraction of sp³-hybridized carbons (Fsp3) is 0.789. The van der Waals surface area contributed by atoms with E-state index < -0.39 is 12.2 Å². The number of amides is 1. The van der Waals surface area contributed by atoms with Crippen molar-refractivity contribution in [2.24, 2.45) is 5.73 Å². The zero-order chi connectivity index (χ0) is 20.0. The molecule has 2 unspecified atom stereocenters. The number of ether oxygens (including phenoxy) is 1. The lowest BCUT2D eigenvalue weighted by Gasteiger charge is -2.26. The lowest BCUT2D eigenvalue weighted by Crippen LogP contribution is -2.42. The van der Waals surface area contributed by atoms with Gasteiger partial charge in [-0.1, -0.05) is 31.9 Å². The number of nitrogens with one attached hydrogen (secondary N) is 1. The molecule has 0 radical (unpaired) electrons. The molecule has 0 fully saturated rings. The average molecular weight is 373 g/mol. The Morgan fingerprint density at radius 3 is 2.50 bits per heavy atom. The number of quaternary nitrogens is 1. The summed E-state index contributed by atoms with van der Waals surface area (Å²) in [4.78, 5) is 23.6. The molecule has 0 rings (SSSR count). The number of aliphatic hydroxyl groups is 1. The third-order valence-corrected chi connectivity index (χ3v) is 3.72. The third kappa shape index (κ3) is 13.8. The first kappa shape index (κ1) is 24.6. The molecule has 0 aromatic rings. The number of nitrogens with two attached hydrogens (primary N) is 1. The van der Waals surface area contributed by atoms with E-state index in [1.807, 2.05) is 21.1 Å². The molecule has 0 aliphatic carbocycles. The maximum Gasteiger partial charge on any atom is 0.362 e. The number of likely N-dealkylation sites (N-methyl/N-ethyl adjacent to an activating group) is 1. The van der Waals surface area contributed by atoms with E-state index in [2.05, 4.69) is 12.2 Å².